The molecule has 1 atom stereocenters. The fourth-order valence-electron chi connectivity index (χ4n) is 2.26. The minimum Gasteiger partial charge on any atom is -0.497 e. The standard InChI is InChI=1S/C16H24F3NO/c1-3-10-20-14(7-5-9-16(17,18)19)11-13-6-4-8-15(12-13)21-2/h4,6,8,12,14,20H,3,5,7,9-11H2,1-2H3. The normalized spacial score (nSPS) is 13.2. The van der Waals surface area contributed by atoms with Crippen LogP contribution in [0.25, 0.3) is 0 Å². The second-order valence-corrected chi connectivity index (χ2v) is 5.21. The number of halogens is 3. The lowest BCUT2D eigenvalue weighted by Crippen LogP contribution is -2.32. The van der Waals surface area contributed by atoms with Crippen molar-refractivity contribution in [1.29, 1.82) is 0 Å². The average molecular weight is 303 g/mol. The van der Waals surface area contributed by atoms with Crippen LogP contribution in [0.3, 0.4) is 0 Å². The van der Waals surface area contributed by atoms with Gasteiger partial charge in [0, 0.05) is 12.5 Å². The second kappa shape index (κ2) is 8.93. The van der Waals surface area contributed by atoms with Gasteiger partial charge in [-0.2, -0.15) is 13.2 Å². The van der Waals surface area contributed by atoms with Crippen LogP contribution in [0.2, 0.25) is 0 Å². The summed E-state index contributed by atoms with van der Waals surface area (Å²) in [6.45, 7) is 2.87. The largest absolute Gasteiger partial charge is 0.497 e. The molecule has 0 bridgehead atoms. The molecule has 1 rings (SSSR count). The number of ether oxygens (including phenoxy) is 1. The molecule has 1 unspecified atom stereocenters. The molecule has 0 radical (unpaired) electrons. The summed E-state index contributed by atoms with van der Waals surface area (Å²) in [5, 5.41) is 3.33. The number of hydrogen-bond donors (Lipinski definition) is 1. The molecular formula is C16H24F3NO. The van der Waals surface area contributed by atoms with E-state index in [9.17, 15) is 13.2 Å². The van der Waals surface area contributed by atoms with Crippen molar-refractivity contribution in [1.82, 2.24) is 5.32 Å². The zero-order valence-corrected chi connectivity index (χ0v) is 12.7. The van der Waals surface area contributed by atoms with Gasteiger partial charge in [-0.05, 0) is 49.9 Å². The van der Waals surface area contributed by atoms with E-state index in [-0.39, 0.29) is 12.5 Å². The monoisotopic (exact) mass is 303 g/mol. The smallest absolute Gasteiger partial charge is 0.389 e. The molecule has 0 aliphatic rings. The lowest BCUT2D eigenvalue weighted by atomic mass is 10.0. The fraction of sp³-hybridized carbons (Fsp3) is 0.625. The number of hydrogen-bond acceptors (Lipinski definition) is 2. The lowest BCUT2D eigenvalue weighted by molar-refractivity contribution is -0.135. The van der Waals surface area contributed by atoms with Crippen LogP contribution in [0.4, 0.5) is 13.2 Å². The molecule has 0 aliphatic heterocycles. The van der Waals surface area contributed by atoms with Crippen molar-refractivity contribution in [3.8, 4) is 5.75 Å². The van der Waals surface area contributed by atoms with Crippen LogP contribution in [0, 0.1) is 0 Å². The Morgan fingerprint density at radius 3 is 2.67 bits per heavy atom. The Labute approximate surface area is 124 Å². The van der Waals surface area contributed by atoms with E-state index in [1.54, 1.807) is 7.11 Å². The van der Waals surface area contributed by atoms with Gasteiger partial charge in [-0.3, -0.25) is 0 Å². The van der Waals surface area contributed by atoms with Gasteiger partial charge in [-0.25, -0.2) is 0 Å². The summed E-state index contributed by atoms with van der Waals surface area (Å²) in [4.78, 5) is 0. The molecule has 0 aliphatic carbocycles. The van der Waals surface area contributed by atoms with Crippen LogP contribution >= 0.6 is 0 Å². The highest BCUT2D eigenvalue weighted by Crippen LogP contribution is 2.23. The predicted octanol–water partition coefficient (Wildman–Crippen LogP) is 4.34. The van der Waals surface area contributed by atoms with Gasteiger partial charge in [-0.1, -0.05) is 19.1 Å². The molecule has 0 heterocycles. The Morgan fingerprint density at radius 1 is 1.29 bits per heavy atom. The molecule has 21 heavy (non-hydrogen) atoms. The Balaban J connectivity index is 2.55. The van der Waals surface area contributed by atoms with E-state index in [4.69, 9.17) is 4.74 Å². The first-order valence-corrected chi connectivity index (χ1v) is 7.37. The van der Waals surface area contributed by atoms with Gasteiger partial charge in [0.15, 0.2) is 0 Å². The molecule has 0 saturated heterocycles. The molecule has 0 saturated carbocycles. The van der Waals surface area contributed by atoms with Crippen LogP contribution < -0.4 is 10.1 Å². The van der Waals surface area contributed by atoms with Crippen LogP contribution in [0.1, 0.15) is 38.2 Å². The van der Waals surface area contributed by atoms with Crippen molar-refractivity contribution < 1.29 is 17.9 Å². The zero-order chi connectivity index (χ0) is 15.7. The molecular weight excluding hydrogens is 279 g/mol. The van der Waals surface area contributed by atoms with Crippen molar-refractivity contribution >= 4 is 0 Å². The third-order valence-corrected chi connectivity index (χ3v) is 3.31. The minimum atomic E-state index is -4.06. The summed E-state index contributed by atoms with van der Waals surface area (Å²) in [6.07, 6.45) is -2.41. The Bertz CT molecular complexity index is 407. The van der Waals surface area contributed by atoms with Crippen molar-refractivity contribution in [3.63, 3.8) is 0 Å². The van der Waals surface area contributed by atoms with Gasteiger partial charge in [0.2, 0.25) is 0 Å². The third kappa shape index (κ3) is 7.95. The summed E-state index contributed by atoms with van der Waals surface area (Å²) < 4.78 is 41.9. The molecule has 0 spiro atoms. The van der Waals surface area contributed by atoms with Crippen molar-refractivity contribution in [2.75, 3.05) is 13.7 Å². The molecule has 5 heteroatoms. The number of rotatable bonds is 9. The molecule has 120 valence electrons. The van der Waals surface area contributed by atoms with E-state index >= 15 is 0 Å². The van der Waals surface area contributed by atoms with Gasteiger partial charge < -0.3 is 10.1 Å². The van der Waals surface area contributed by atoms with Gasteiger partial charge in [0.05, 0.1) is 7.11 Å². The van der Waals surface area contributed by atoms with E-state index in [1.807, 2.05) is 31.2 Å². The third-order valence-electron chi connectivity index (χ3n) is 3.31. The molecule has 0 amide bonds. The Kier molecular flexibility index (Phi) is 7.57. The highest BCUT2D eigenvalue weighted by Gasteiger charge is 2.26. The molecule has 1 N–H and O–H groups in total. The summed E-state index contributed by atoms with van der Waals surface area (Å²) in [6, 6.07) is 7.75. The highest BCUT2D eigenvalue weighted by molar-refractivity contribution is 5.28. The molecule has 0 aromatic heterocycles. The van der Waals surface area contributed by atoms with Gasteiger partial charge >= 0.3 is 6.18 Å². The van der Waals surface area contributed by atoms with E-state index in [0.717, 1.165) is 30.7 Å². The molecule has 2 nitrogen and oxygen atoms in total. The van der Waals surface area contributed by atoms with Crippen LogP contribution in [0.5, 0.6) is 5.75 Å². The fourth-order valence-corrected chi connectivity index (χ4v) is 2.26. The zero-order valence-electron chi connectivity index (χ0n) is 12.7. The van der Waals surface area contributed by atoms with Crippen molar-refractivity contribution in [3.05, 3.63) is 29.8 Å². The van der Waals surface area contributed by atoms with E-state index in [2.05, 4.69) is 5.32 Å². The maximum absolute atomic E-state index is 12.2. The summed E-state index contributed by atoms with van der Waals surface area (Å²) >= 11 is 0. The lowest BCUT2D eigenvalue weighted by Gasteiger charge is -2.19. The van der Waals surface area contributed by atoms with E-state index in [1.165, 1.54) is 0 Å². The number of nitrogens with one attached hydrogen (secondary N) is 1. The summed E-state index contributed by atoms with van der Waals surface area (Å²) in [5.74, 6) is 0.775. The maximum Gasteiger partial charge on any atom is 0.389 e. The average Bonchev–Trinajstić information content (AvgIpc) is 2.43. The van der Waals surface area contributed by atoms with Gasteiger partial charge in [0.1, 0.15) is 5.75 Å². The quantitative estimate of drug-likeness (QED) is 0.733. The molecule has 0 fully saturated rings. The van der Waals surface area contributed by atoms with Crippen LogP contribution in [-0.2, 0) is 6.42 Å². The number of methoxy groups -OCH3 is 1. The van der Waals surface area contributed by atoms with Crippen molar-refractivity contribution in [2.45, 2.75) is 51.2 Å². The first-order chi connectivity index (χ1) is 9.94. The summed E-state index contributed by atoms with van der Waals surface area (Å²) in [7, 11) is 1.61. The summed E-state index contributed by atoms with van der Waals surface area (Å²) in [5.41, 5.74) is 1.08. The van der Waals surface area contributed by atoms with Gasteiger partial charge in [0.25, 0.3) is 0 Å². The SMILES string of the molecule is CCCNC(CCCC(F)(F)F)Cc1cccc(OC)c1. The number of benzene rings is 1. The highest BCUT2D eigenvalue weighted by atomic mass is 19.4. The minimum absolute atomic E-state index is 0.0689. The van der Waals surface area contributed by atoms with E-state index in [0.29, 0.717) is 6.42 Å². The Morgan fingerprint density at radius 2 is 2.05 bits per heavy atom. The first kappa shape index (κ1) is 17.8. The van der Waals surface area contributed by atoms with Gasteiger partial charge in [-0.15, -0.1) is 0 Å². The Hall–Kier alpha value is -1.23. The van der Waals surface area contributed by atoms with Crippen molar-refractivity contribution in [2.24, 2.45) is 0 Å². The maximum atomic E-state index is 12.2. The molecule has 1 aromatic carbocycles. The van der Waals surface area contributed by atoms with Crippen LogP contribution in [0.15, 0.2) is 24.3 Å². The van der Waals surface area contributed by atoms with E-state index < -0.39 is 12.6 Å². The molecule has 1 aromatic rings. The first-order valence-electron chi connectivity index (χ1n) is 7.37. The number of alkyl halides is 3. The second-order valence-electron chi connectivity index (χ2n) is 5.21. The topological polar surface area (TPSA) is 21.3 Å². The predicted molar refractivity (Wildman–Crippen MR) is 78.7 cm³/mol. The van der Waals surface area contributed by atoms with Crippen LogP contribution in [-0.4, -0.2) is 25.9 Å².